The number of benzene rings is 11. The van der Waals surface area contributed by atoms with Crippen LogP contribution in [-0.4, -0.2) is 9.97 Å². The summed E-state index contributed by atoms with van der Waals surface area (Å²) in [5.74, 6) is 0.0554. The molecule has 0 amide bonds. The van der Waals surface area contributed by atoms with Crippen molar-refractivity contribution in [3.63, 3.8) is 0 Å². The van der Waals surface area contributed by atoms with E-state index in [0.29, 0.717) is 0 Å². The van der Waals surface area contributed by atoms with Gasteiger partial charge in [-0.15, -0.1) is 0 Å². The first-order chi connectivity index (χ1) is 35.7. The molecule has 0 fully saturated rings. The summed E-state index contributed by atoms with van der Waals surface area (Å²) in [5, 5.41) is 14.2. The van der Waals surface area contributed by atoms with Crippen LogP contribution in [0.2, 0.25) is 0 Å². The third kappa shape index (κ3) is 6.17. The number of furan rings is 1. The molecule has 2 aliphatic carbocycles. The lowest BCUT2D eigenvalue weighted by Gasteiger charge is -2.18. The zero-order valence-electron chi connectivity index (χ0n) is 39.1. The standard InChI is InChI=1S/C69H42N2O/c1-2-17-44-42(16-1)40-43(32-33-59(44)65-41-70-67-61-27-11-9-24-52(61)53-25-10-12-28-62(53)68(67)71-65)45-34-35-54(47-19-4-3-18-46(45)47)55-36-37-56(49-21-6-5-20-48(49)55)57-38-39-58(51-23-8-7-22-50(51)57)63-29-15-30-64-60-26-13-14-31-66(60)72-69(63)64/h1-42H. The van der Waals surface area contributed by atoms with Crippen molar-refractivity contribution in [1.82, 2.24) is 9.97 Å². The van der Waals surface area contributed by atoms with Crippen LogP contribution in [0.4, 0.5) is 0 Å². The highest BCUT2D eigenvalue weighted by molar-refractivity contribution is 6.23. The molecule has 0 radical (unpaired) electrons. The van der Waals surface area contributed by atoms with Gasteiger partial charge in [0.2, 0.25) is 0 Å². The fourth-order valence-corrected chi connectivity index (χ4v) is 11.9. The van der Waals surface area contributed by atoms with Crippen LogP contribution in [0.5, 0.6) is 0 Å². The van der Waals surface area contributed by atoms with E-state index in [1.807, 2.05) is 12.3 Å². The Labute approximate surface area is 415 Å². The molecule has 2 aliphatic rings. The molecule has 3 nitrogen and oxygen atoms in total. The Morgan fingerprint density at radius 1 is 0.347 bits per heavy atom. The van der Waals surface area contributed by atoms with Gasteiger partial charge in [0.05, 0.1) is 22.9 Å². The summed E-state index contributed by atoms with van der Waals surface area (Å²) in [6, 6.07) is 72.4. The van der Waals surface area contributed by atoms with E-state index in [0.717, 1.165) is 66.1 Å². The number of fused-ring (bicyclic) bond motifs is 13. The Kier molecular flexibility index (Phi) is 9.02. The van der Waals surface area contributed by atoms with Crippen LogP contribution < -0.4 is 0 Å². The van der Waals surface area contributed by atoms with Crippen LogP contribution in [0, 0.1) is 5.92 Å². The van der Waals surface area contributed by atoms with E-state index in [1.54, 1.807) is 0 Å². The topological polar surface area (TPSA) is 38.9 Å². The normalized spacial score (nSPS) is 14.7. The van der Waals surface area contributed by atoms with Crippen LogP contribution in [-0.2, 0) is 0 Å². The van der Waals surface area contributed by atoms with Crippen LogP contribution in [0.15, 0.2) is 259 Å². The molecule has 1 atom stereocenters. The molecule has 0 N–H and O–H groups in total. The molecule has 0 spiro atoms. The van der Waals surface area contributed by atoms with E-state index < -0.39 is 0 Å². The van der Waals surface area contributed by atoms with Gasteiger partial charge in [-0.1, -0.05) is 237 Å². The molecule has 0 saturated heterocycles. The van der Waals surface area contributed by atoms with Gasteiger partial charge in [0.15, 0.2) is 0 Å². The molecule has 0 saturated carbocycles. The lowest BCUT2D eigenvalue weighted by atomic mass is 9.85. The summed E-state index contributed by atoms with van der Waals surface area (Å²) in [4.78, 5) is 10.6. The summed E-state index contributed by atoms with van der Waals surface area (Å²) in [6.45, 7) is 0. The monoisotopic (exact) mass is 914 g/mol. The van der Waals surface area contributed by atoms with Crippen LogP contribution >= 0.6 is 0 Å². The first kappa shape index (κ1) is 40.4. The van der Waals surface area contributed by atoms with Gasteiger partial charge in [-0.2, -0.15) is 0 Å². The third-order valence-corrected chi connectivity index (χ3v) is 15.2. The molecule has 0 bridgehead atoms. The first-order valence-electron chi connectivity index (χ1n) is 24.8. The predicted molar refractivity (Wildman–Crippen MR) is 303 cm³/mol. The average molecular weight is 915 g/mol. The van der Waals surface area contributed by atoms with E-state index in [4.69, 9.17) is 14.4 Å². The zero-order valence-corrected chi connectivity index (χ0v) is 39.1. The van der Waals surface area contributed by atoms with Gasteiger partial charge in [0.25, 0.3) is 0 Å². The van der Waals surface area contributed by atoms with Crippen molar-refractivity contribution in [3.8, 4) is 33.4 Å². The fraction of sp³-hybridized carbons (Fsp3) is 0.0145. The number of rotatable bonds is 5. The van der Waals surface area contributed by atoms with Gasteiger partial charge >= 0.3 is 0 Å². The van der Waals surface area contributed by atoms with Crippen molar-refractivity contribution in [2.45, 2.75) is 0 Å². The maximum atomic E-state index is 6.55. The smallest absolute Gasteiger partial charge is 0.143 e. The van der Waals surface area contributed by atoms with Gasteiger partial charge < -0.3 is 4.42 Å². The number of aromatic nitrogens is 2. The second-order valence-corrected chi connectivity index (χ2v) is 19.0. The van der Waals surface area contributed by atoms with E-state index >= 15 is 0 Å². The minimum Gasteiger partial charge on any atom is -0.455 e. The summed E-state index contributed by atoms with van der Waals surface area (Å²) < 4.78 is 6.55. The SMILES string of the molecule is C1=CC2=C(c3cnc4c5ccccc5c5ccccc5c4n3)C=CC(c3ccc(-c4ccc(-c5ccc(-c6cccc7c6oc6ccccc67)c6ccccc56)c5ccccc45)c4ccccc34)=CC2C=C1. The average Bonchev–Trinajstić information content (AvgIpc) is 3.73. The van der Waals surface area contributed by atoms with Crippen molar-refractivity contribution in [2.75, 3.05) is 0 Å². The van der Waals surface area contributed by atoms with E-state index in [9.17, 15) is 0 Å². The van der Waals surface area contributed by atoms with E-state index in [1.165, 1.54) is 82.1 Å². The summed E-state index contributed by atoms with van der Waals surface area (Å²) in [7, 11) is 0. The van der Waals surface area contributed by atoms with Gasteiger partial charge in [-0.05, 0) is 93.7 Å². The summed E-state index contributed by atoms with van der Waals surface area (Å²) in [6.07, 6.45) is 17.7. The van der Waals surface area contributed by atoms with E-state index in [-0.39, 0.29) is 5.92 Å². The molecule has 13 aromatic rings. The lowest BCUT2D eigenvalue weighted by Crippen LogP contribution is -2.03. The highest BCUT2D eigenvalue weighted by Gasteiger charge is 2.23. The molecule has 334 valence electrons. The van der Waals surface area contributed by atoms with Gasteiger partial charge in [-0.25, -0.2) is 4.98 Å². The Morgan fingerprint density at radius 3 is 1.42 bits per heavy atom. The molecule has 72 heavy (non-hydrogen) atoms. The third-order valence-electron chi connectivity index (χ3n) is 15.2. The minimum absolute atomic E-state index is 0.0554. The number of hydrogen-bond acceptors (Lipinski definition) is 3. The Balaban J connectivity index is 0.833. The van der Waals surface area contributed by atoms with Crippen molar-refractivity contribution >= 4 is 98.0 Å². The zero-order chi connectivity index (χ0) is 47.3. The number of nitrogens with zero attached hydrogens (tertiary/aromatic N) is 2. The van der Waals surface area contributed by atoms with Crippen LogP contribution in [0.25, 0.3) is 131 Å². The van der Waals surface area contributed by atoms with Crippen LogP contribution in [0.1, 0.15) is 11.3 Å². The van der Waals surface area contributed by atoms with Crippen molar-refractivity contribution in [2.24, 2.45) is 5.92 Å². The molecule has 2 heterocycles. The highest BCUT2D eigenvalue weighted by Crippen LogP contribution is 2.46. The number of allylic oxidation sites excluding steroid dienone is 10. The molecule has 1 unspecified atom stereocenters. The van der Waals surface area contributed by atoms with Crippen LogP contribution in [0.3, 0.4) is 0 Å². The predicted octanol–water partition coefficient (Wildman–Crippen LogP) is 18.4. The molecular weight excluding hydrogens is 873 g/mol. The molecule has 11 aromatic carbocycles. The van der Waals surface area contributed by atoms with Gasteiger partial charge in [0, 0.05) is 38.6 Å². The van der Waals surface area contributed by atoms with Crippen molar-refractivity contribution in [3.05, 3.63) is 266 Å². The highest BCUT2D eigenvalue weighted by atomic mass is 16.3. The number of hydrogen-bond donors (Lipinski definition) is 0. The molecule has 0 aliphatic heterocycles. The largest absolute Gasteiger partial charge is 0.455 e. The maximum Gasteiger partial charge on any atom is 0.143 e. The van der Waals surface area contributed by atoms with E-state index in [2.05, 4.69) is 237 Å². The van der Waals surface area contributed by atoms with Gasteiger partial charge in [-0.3, -0.25) is 4.98 Å². The number of para-hydroxylation sites is 2. The Morgan fingerprint density at radius 2 is 0.819 bits per heavy atom. The second-order valence-electron chi connectivity index (χ2n) is 19.0. The summed E-state index contributed by atoms with van der Waals surface area (Å²) in [5.41, 5.74) is 16.3. The quantitative estimate of drug-likeness (QED) is 0.162. The van der Waals surface area contributed by atoms with Gasteiger partial charge in [0.1, 0.15) is 11.2 Å². The minimum atomic E-state index is 0.0554. The Hall–Kier alpha value is -9.44. The maximum absolute atomic E-state index is 6.55. The molecule has 3 heteroatoms. The Bertz CT molecular complexity index is 4600. The lowest BCUT2D eigenvalue weighted by molar-refractivity contribution is 0.670. The molecule has 15 rings (SSSR count). The summed E-state index contributed by atoms with van der Waals surface area (Å²) >= 11 is 0. The molecular formula is C69H42N2O. The first-order valence-corrected chi connectivity index (χ1v) is 24.8. The second kappa shape index (κ2) is 16.1. The fourth-order valence-electron chi connectivity index (χ4n) is 11.9. The van der Waals surface area contributed by atoms with Crippen molar-refractivity contribution in [1.29, 1.82) is 0 Å². The molecule has 2 aromatic heterocycles. The van der Waals surface area contributed by atoms with Crippen molar-refractivity contribution < 1.29 is 4.42 Å².